The van der Waals surface area contributed by atoms with Crippen molar-refractivity contribution in [3.63, 3.8) is 0 Å². The van der Waals surface area contributed by atoms with Gasteiger partial charge in [0, 0.05) is 18.5 Å². The minimum Gasteiger partial charge on any atom is -0.362 e. The normalized spacial score (nSPS) is 12.4. The van der Waals surface area contributed by atoms with E-state index in [0.717, 1.165) is 39.8 Å². The van der Waals surface area contributed by atoms with E-state index in [2.05, 4.69) is 30.0 Å². The Morgan fingerprint density at radius 1 is 1.32 bits per heavy atom. The Morgan fingerprint density at radius 2 is 2.16 bits per heavy atom. The molecule has 0 aliphatic rings. The van der Waals surface area contributed by atoms with Crippen LogP contribution in [0.3, 0.4) is 0 Å². The fourth-order valence-electron chi connectivity index (χ4n) is 2.70. The summed E-state index contributed by atoms with van der Waals surface area (Å²) in [4.78, 5) is 13.5. The van der Waals surface area contributed by atoms with E-state index in [9.17, 15) is 0 Å². The Morgan fingerprint density at radius 3 is 2.84 bits per heavy atom. The summed E-state index contributed by atoms with van der Waals surface area (Å²) in [5, 5.41) is 7.37. The number of aromatic nitrogens is 4. The highest BCUT2D eigenvalue weighted by Crippen LogP contribution is 2.23. The van der Waals surface area contributed by atoms with Crippen molar-refractivity contribution in [1.82, 2.24) is 19.7 Å². The van der Waals surface area contributed by atoms with Crippen LogP contribution in [0, 0.1) is 13.8 Å². The van der Waals surface area contributed by atoms with E-state index < -0.39 is 0 Å². The molecule has 130 valence electrons. The second-order valence-corrected chi connectivity index (χ2v) is 5.75. The first-order valence-electron chi connectivity index (χ1n) is 8.24. The van der Waals surface area contributed by atoms with Gasteiger partial charge in [0.25, 0.3) is 0 Å². The summed E-state index contributed by atoms with van der Waals surface area (Å²) in [6.45, 7) is 8.87. The molecule has 0 aromatic carbocycles. The van der Waals surface area contributed by atoms with E-state index >= 15 is 0 Å². The maximum Gasteiger partial charge on any atom is 0.154 e. The number of rotatable bonds is 6. The molecule has 25 heavy (non-hydrogen) atoms. The number of aliphatic imine (C=N–C) groups is 1. The van der Waals surface area contributed by atoms with Gasteiger partial charge in [-0.25, -0.2) is 9.97 Å². The predicted molar refractivity (Wildman–Crippen MR) is 98.8 cm³/mol. The molecule has 0 amide bonds. The topological polar surface area (TPSA) is 81.1 Å². The van der Waals surface area contributed by atoms with Crippen LogP contribution in [0.5, 0.6) is 0 Å². The third-order valence-corrected chi connectivity index (χ3v) is 3.80. The van der Waals surface area contributed by atoms with E-state index in [1.165, 1.54) is 0 Å². The van der Waals surface area contributed by atoms with Crippen molar-refractivity contribution in [2.24, 2.45) is 4.99 Å². The van der Waals surface area contributed by atoms with Crippen molar-refractivity contribution in [3.05, 3.63) is 47.4 Å². The number of aryl methyl sites for hydroxylation is 2. The standard InChI is InChI=1S/C18H22N6O/c1-5-14(19-6-2)11-24-8-7-16-17(24)18(22-13(4)21-16)20-10-15-9-12(3)25-23-15/h5-9H,10-11H2,1-4H3,(H,20,21,22)/b14-5-,19-6?. The molecule has 0 saturated carbocycles. The largest absolute Gasteiger partial charge is 0.362 e. The summed E-state index contributed by atoms with van der Waals surface area (Å²) in [6.07, 6.45) is 5.82. The third-order valence-electron chi connectivity index (χ3n) is 3.80. The maximum atomic E-state index is 5.12. The Balaban J connectivity index is 1.94. The lowest BCUT2D eigenvalue weighted by Gasteiger charge is -2.11. The molecule has 7 nitrogen and oxygen atoms in total. The molecule has 7 heteroatoms. The molecule has 1 N–H and O–H groups in total. The van der Waals surface area contributed by atoms with Crippen molar-refractivity contribution in [2.75, 3.05) is 5.32 Å². The Kier molecular flexibility index (Phi) is 4.92. The number of fused-ring (bicyclic) bond motifs is 1. The van der Waals surface area contributed by atoms with Crippen molar-refractivity contribution in [1.29, 1.82) is 0 Å². The zero-order valence-corrected chi connectivity index (χ0v) is 14.9. The summed E-state index contributed by atoms with van der Waals surface area (Å²) in [6, 6.07) is 3.91. The van der Waals surface area contributed by atoms with E-state index in [4.69, 9.17) is 4.52 Å². The van der Waals surface area contributed by atoms with Gasteiger partial charge >= 0.3 is 0 Å². The van der Waals surface area contributed by atoms with Gasteiger partial charge in [-0.15, -0.1) is 0 Å². The first-order chi connectivity index (χ1) is 12.1. The molecule has 3 heterocycles. The van der Waals surface area contributed by atoms with Crippen LogP contribution < -0.4 is 5.32 Å². The molecule has 0 radical (unpaired) electrons. The number of hydrogen-bond donors (Lipinski definition) is 1. The molecule has 3 aromatic rings. The molecule has 0 fully saturated rings. The summed E-state index contributed by atoms with van der Waals surface area (Å²) in [5.41, 5.74) is 3.68. The number of anilines is 1. The quantitative estimate of drug-likeness (QED) is 0.694. The van der Waals surface area contributed by atoms with Gasteiger partial charge in [-0.1, -0.05) is 11.2 Å². The van der Waals surface area contributed by atoms with Gasteiger partial charge in [0.05, 0.1) is 24.3 Å². The van der Waals surface area contributed by atoms with Crippen LogP contribution in [-0.4, -0.2) is 25.9 Å². The van der Waals surface area contributed by atoms with Crippen LogP contribution in [0.4, 0.5) is 5.82 Å². The van der Waals surface area contributed by atoms with E-state index in [1.807, 2.05) is 52.1 Å². The lowest BCUT2D eigenvalue weighted by molar-refractivity contribution is 0.391. The fourth-order valence-corrected chi connectivity index (χ4v) is 2.70. The Hall–Kier alpha value is -2.96. The molecule has 0 spiro atoms. The van der Waals surface area contributed by atoms with Gasteiger partial charge in [0.15, 0.2) is 5.82 Å². The minimum absolute atomic E-state index is 0.539. The summed E-state index contributed by atoms with van der Waals surface area (Å²) >= 11 is 0. The highest BCUT2D eigenvalue weighted by molar-refractivity contribution is 5.86. The molecular formula is C18H22N6O. The number of hydrogen-bond acceptors (Lipinski definition) is 6. The molecule has 0 unspecified atom stereocenters. The molecule has 0 aliphatic carbocycles. The number of nitrogens with one attached hydrogen (secondary N) is 1. The third kappa shape index (κ3) is 3.76. The summed E-state index contributed by atoms with van der Waals surface area (Å²) in [5.74, 6) is 2.30. The smallest absolute Gasteiger partial charge is 0.154 e. The molecular weight excluding hydrogens is 316 g/mol. The number of allylic oxidation sites excluding steroid dienone is 2. The van der Waals surface area contributed by atoms with Crippen LogP contribution in [0.1, 0.15) is 31.1 Å². The zero-order valence-electron chi connectivity index (χ0n) is 14.9. The average molecular weight is 338 g/mol. The van der Waals surface area contributed by atoms with Gasteiger partial charge in [-0.2, -0.15) is 0 Å². The SMILES string of the molecule is CC=N/C(=C\C)Cn1ccc2nc(C)nc(NCc3cc(C)on3)c21. The minimum atomic E-state index is 0.539. The zero-order chi connectivity index (χ0) is 17.8. The monoisotopic (exact) mass is 338 g/mol. The van der Waals surface area contributed by atoms with Gasteiger partial charge < -0.3 is 14.4 Å². The van der Waals surface area contributed by atoms with Gasteiger partial charge in [-0.3, -0.25) is 4.99 Å². The molecule has 3 aromatic heterocycles. The second-order valence-electron chi connectivity index (χ2n) is 5.75. The fraction of sp³-hybridized carbons (Fsp3) is 0.333. The van der Waals surface area contributed by atoms with Crippen LogP contribution in [0.25, 0.3) is 11.0 Å². The molecule has 0 bridgehead atoms. The first-order valence-corrected chi connectivity index (χ1v) is 8.24. The van der Waals surface area contributed by atoms with Crippen LogP contribution in [0.2, 0.25) is 0 Å². The molecule has 3 rings (SSSR count). The van der Waals surface area contributed by atoms with E-state index in [1.54, 1.807) is 6.21 Å². The van der Waals surface area contributed by atoms with Crippen molar-refractivity contribution >= 4 is 23.1 Å². The Labute approximate surface area is 146 Å². The number of nitrogens with zero attached hydrogens (tertiary/aromatic N) is 5. The van der Waals surface area contributed by atoms with Crippen LogP contribution in [0.15, 0.2) is 39.6 Å². The van der Waals surface area contributed by atoms with Crippen molar-refractivity contribution in [2.45, 2.75) is 40.8 Å². The van der Waals surface area contributed by atoms with E-state index in [0.29, 0.717) is 13.1 Å². The lowest BCUT2D eigenvalue weighted by atomic mass is 10.3. The maximum absolute atomic E-state index is 5.12. The van der Waals surface area contributed by atoms with E-state index in [-0.39, 0.29) is 0 Å². The van der Waals surface area contributed by atoms with Crippen LogP contribution in [-0.2, 0) is 13.1 Å². The summed E-state index contributed by atoms with van der Waals surface area (Å²) in [7, 11) is 0. The molecule has 0 atom stereocenters. The van der Waals surface area contributed by atoms with Gasteiger partial charge in [-0.05, 0) is 33.8 Å². The molecule has 0 aliphatic heterocycles. The van der Waals surface area contributed by atoms with Crippen LogP contribution >= 0.6 is 0 Å². The van der Waals surface area contributed by atoms with Gasteiger partial charge in [0.2, 0.25) is 0 Å². The highest BCUT2D eigenvalue weighted by atomic mass is 16.5. The lowest BCUT2D eigenvalue weighted by Crippen LogP contribution is -2.07. The predicted octanol–water partition coefficient (Wildman–Crippen LogP) is 3.64. The first kappa shape index (κ1) is 16.9. The highest BCUT2D eigenvalue weighted by Gasteiger charge is 2.12. The Bertz CT molecular complexity index is 934. The second kappa shape index (κ2) is 7.29. The van der Waals surface area contributed by atoms with Crippen molar-refractivity contribution in [3.8, 4) is 0 Å². The molecule has 0 saturated heterocycles. The summed E-state index contributed by atoms with van der Waals surface area (Å²) < 4.78 is 7.22. The van der Waals surface area contributed by atoms with Gasteiger partial charge in [0.1, 0.15) is 22.8 Å². The average Bonchev–Trinajstić information content (AvgIpc) is 3.18. The van der Waals surface area contributed by atoms with Crippen molar-refractivity contribution < 1.29 is 4.52 Å².